The van der Waals surface area contributed by atoms with E-state index < -0.39 is 6.10 Å². The van der Waals surface area contributed by atoms with Crippen molar-refractivity contribution in [2.75, 3.05) is 14.2 Å². The third-order valence-electron chi connectivity index (χ3n) is 3.01. The third kappa shape index (κ3) is 3.40. The number of aliphatic hydroxyl groups is 1. The molecule has 0 saturated carbocycles. The zero-order valence-electron chi connectivity index (χ0n) is 11.3. The monoisotopic (exact) mass is 293 g/mol. The van der Waals surface area contributed by atoms with Crippen LogP contribution in [0.3, 0.4) is 0 Å². The Morgan fingerprint density at radius 1 is 1.20 bits per heavy atom. The van der Waals surface area contributed by atoms with Gasteiger partial charge in [-0.25, -0.2) is 4.98 Å². The first-order valence-electron chi connectivity index (χ1n) is 6.14. The Balaban J connectivity index is 2.17. The van der Waals surface area contributed by atoms with Gasteiger partial charge in [-0.2, -0.15) is 0 Å². The highest BCUT2D eigenvalue weighted by Crippen LogP contribution is 2.27. The molecule has 0 radical (unpaired) electrons. The lowest BCUT2D eigenvalue weighted by molar-refractivity contribution is 0.176. The van der Waals surface area contributed by atoms with Crippen molar-refractivity contribution in [1.29, 1.82) is 0 Å². The normalized spacial score (nSPS) is 12.0. The van der Waals surface area contributed by atoms with Gasteiger partial charge >= 0.3 is 0 Å². The molecule has 2 aromatic rings. The van der Waals surface area contributed by atoms with Gasteiger partial charge in [0.25, 0.3) is 0 Å². The number of rotatable bonds is 5. The van der Waals surface area contributed by atoms with E-state index in [1.54, 1.807) is 50.7 Å². The number of hydrogen-bond acceptors (Lipinski definition) is 4. The topological polar surface area (TPSA) is 51.6 Å². The Hall–Kier alpha value is -1.78. The molecule has 1 atom stereocenters. The molecule has 0 spiro atoms. The second kappa shape index (κ2) is 6.59. The van der Waals surface area contributed by atoms with E-state index >= 15 is 0 Å². The maximum atomic E-state index is 10.3. The molecule has 1 N–H and O–H groups in total. The van der Waals surface area contributed by atoms with Crippen LogP contribution in [0, 0.1) is 0 Å². The van der Waals surface area contributed by atoms with Gasteiger partial charge in [0.2, 0.25) is 5.88 Å². The van der Waals surface area contributed by atoms with Gasteiger partial charge in [-0.3, -0.25) is 0 Å². The van der Waals surface area contributed by atoms with Gasteiger partial charge < -0.3 is 14.6 Å². The van der Waals surface area contributed by atoms with Gasteiger partial charge in [-0.05, 0) is 35.4 Å². The van der Waals surface area contributed by atoms with Crippen LogP contribution in [0.5, 0.6) is 11.6 Å². The summed E-state index contributed by atoms with van der Waals surface area (Å²) >= 11 is 5.98. The maximum absolute atomic E-state index is 10.3. The molecular weight excluding hydrogens is 278 g/mol. The van der Waals surface area contributed by atoms with Crippen LogP contribution in [-0.4, -0.2) is 24.3 Å². The summed E-state index contributed by atoms with van der Waals surface area (Å²) in [7, 11) is 3.14. The van der Waals surface area contributed by atoms with Crippen molar-refractivity contribution >= 4 is 11.6 Å². The molecule has 0 aliphatic rings. The minimum absolute atomic E-state index is 0.401. The predicted octanol–water partition coefficient (Wildman–Crippen LogP) is 3.03. The Kier molecular flexibility index (Phi) is 4.82. The van der Waals surface area contributed by atoms with Crippen LogP contribution in [-0.2, 0) is 6.42 Å². The average molecular weight is 294 g/mol. The van der Waals surface area contributed by atoms with E-state index in [0.717, 1.165) is 5.56 Å². The Bertz CT molecular complexity index is 572. The summed E-state index contributed by atoms with van der Waals surface area (Å²) in [4.78, 5) is 4.08. The molecule has 0 aliphatic heterocycles. The van der Waals surface area contributed by atoms with Gasteiger partial charge in [0.1, 0.15) is 5.75 Å². The standard InChI is InChI=1S/C15H16ClNO3/c1-19-14-5-4-12(16)7-11(14)8-13(18)10-3-6-15(20-2)17-9-10/h3-7,9,13,18H,8H2,1-2H3. The van der Waals surface area contributed by atoms with Crippen molar-refractivity contribution in [3.63, 3.8) is 0 Å². The molecule has 0 amide bonds. The molecule has 1 unspecified atom stereocenters. The number of ether oxygens (including phenoxy) is 2. The van der Waals surface area contributed by atoms with Crippen LogP contribution in [0.1, 0.15) is 17.2 Å². The lowest BCUT2D eigenvalue weighted by atomic mass is 10.0. The van der Waals surface area contributed by atoms with Crippen LogP contribution in [0.4, 0.5) is 0 Å². The fourth-order valence-corrected chi connectivity index (χ4v) is 2.14. The number of aromatic nitrogens is 1. The molecule has 106 valence electrons. The Labute approximate surface area is 122 Å². The molecule has 4 nitrogen and oxygen atoms in total. The predicted molar refractivity (Wildman–Crippen MR) is 77.5 cm³/mol. The average Bonchev–Trinajstić information content (AvgIpc) is 2.47. The minimum atomic E-state index is -0.680. The van der Waals surface area contributed by atoms with Crippen LogP contribution >= 0.6 is 11.6 Å². The number of hydrogen-bond donors (Lipinski definition) is 1. The summed E-state index contributed by atoms with van der Waals surface area (Å²) in [5.74, 6) is 1.22. The van der Waals surface area contributed by atoms with Crippen molar-refractivity contribution in [1.82, 2.24) is 4.98 Å². The van der Waals surface area contributed by atoms with Crippen molar-refractivity contribution in [3.05, 3.63) is 52.7 Å². The van der Waals surface area contributed by atoms with Gasteiger partial charge in [0.15, 0.2) is 0 Å². The van der Waals surface area contributed by atoms with E-state index in [0.29, 0.717) is 28.6 Å². The molecule has 20 heavy (non-hydrogen) atoms. The smallest absolute Gasteiger partial charge is 0.212 e. The number of methoxy groups -OCH3 is 2. The molecule has 1 aromatic heterocycles. The summed E-state index contributed by atoms with van der Waals surface area (Å²) in [6.45, 7) is 0. The quantitative estimate of drug-likeness (QED) is 0.920. The lowest BCUT2D eigenvalue weighted by Gasteiger charge is -2.14. The number of aliphatic hydroxyl groups excluding tert-OH is 1. The van der Waals surface area contributed by atoms with Crippen LogP contribution in [0.25, 0.3) is 0 Å². The van der Waals surface area contributed by atoms with E-state index in [9.17, 15) is 5.11 Å². The second-order valence-electron chi connectivity index (χ2n) is 4.31. The van der Waals surface area contributed by atoms with Crippen LogP contribution < -0.4 is 9.47 Å². The van der Waals surface area contributed by atoms with Gasteiger partial charge in [-0.15, -0.1) is 0 Å². The van der Waals surface area contributed by atoms with Crippen molar-refractivity contribution in [2.45, 2.75) is 12.5 Å². The van der Waals surface area contributed by atoms with E-state index in [1.165, 1.54) is 0 Å². The van der Waals surface area contributed by atoms with E-state index in [1.807, 2.05) is 0 Å². The van der Waals surface area contributed by atoms with Gasteiger partial charge in [0.05, 0.1) is 20.3 Å². The summed E-state index contributed by atoms with van der Waals surface area (Å²) in [5.41, 5.74) is 1.57. The molecule has 0 bridgehead atoms. The van der Waals surface area contributed by atoms with Crippen LogP contribution in [0.2, 0.25) is 5.02 Å². The fourth-order valence-electron chi connectivity index (χ4n) is 1.94. The molecule has 5 heteroatoms. The number of benzene rings is 1. The van der Waals surface area contributed by atoms with E-state index in [-0.39, 0.29) is 0 Å². The zero-order chi connectivity index (χ0) is 14.5. The van der Waals surface area contributed by atoms with E-state index in [4.69, 9.17) is 21.1 Å². The number of nitrogens with zero attached hydrogens (tertiary/aromatic N) is 1. The van der Waals surface area contributed by atoms with E-state index in [2.05, 4.69) is 4.98 Å². The maximum Gasteiger partial charge on any atom is 0.212 e. The highest BCUT2D eigenvalue weighted by atomic mass is 35.5. The largest absolute Gasteiger partial charge is 0.496 e. The summed E-state index contributed by atoms with van der Waals surface area (Å²) in [6, 6.07) is 8.84. The first-order chi connectivity index (χ1) is 9.63. The molecule has 0 fully saturated rings. The summed E-state index contributed by atoms with van der Waals surface area (Å²) in [6.07, 6.45) is 1.32. The first kappa shape index (κ1) is 14.6. The number of pyridine rings is 1. The lowest BCUT2D eigenvalue weighted by Crippen LogP contribution is -2.04. The van der Waals surface area contributed by atoms with Crippen LogP contribution in [0.15, 0.2) is 36.5 Å². The van der Waals surface area contributed by atoms with Crippen molar-refractivity contribution in [3.8, 4) is 11.6 Å². The molecule has 0 aliphatic carbocycles. The van der Waals surface area contributed by atoms with Crippen molar-refractivity contribution in [2.24, 2.45) is 0 Å². The SMILES string of the molecule is COc1ccc(C(O)Cc2cc(Cl)ccc2OC)cn1. The Morgan fingerprint density at radius 3 is 2.60 bits per heavy atom. The minimum Gasteiger partial charge on any atom is -0.496 e. The molecule has 2 rings (SSSR count). The molecular formula is C15H16ClNO3. The molecule has 1 aromatic carbocycles. The number of halogens is 1. The zero-order valence-corrected chi connectivity index (χ0v) is 12.1. The third-order valence-corrected chi connectivity index (χ3v) is 3.24. The second-order valence-corrected chi connectivity index (χ2v) is 4.75. The Morgan fingerprint density at radius 2 is 2.00 bits per heavy atom. The van der Waals surface area contributed by atoms with Gasteiger partial charge in [0, 0.05) is 23.7 Å². The van der Waals surface area contributed by atoms with Crippen molar-refractivity contribution < 1.29 is 14.6 Å². The summed E-state index contributed by atoms with van der Waals surface area (Å²) < 4.78 is 10.3. The summed E-state index contributed by atoms with van der Waals surface area (Å²) in [5, 5.41) is 10.9. The fraction of sp³-hybridized carbons (Fsp3) is 0.267. The molecule has 0 saturated heterocycles. The first-order valence-corrected chi connectivity index (χ1v) is 6.52. The highest BCUT2D eigenvalue weighted by molar-refractivity contribution is 6.30. The molecule has 1 heterocycles. The highest BCUT2D eigenvalue weighted by Gasteiger charge is 2.13. The van der Waals surface area contributed by atoms with Gasteiger partial charge in [-0.1, -0.05) is 11.6 Å².